The summed E-state index contributed by atoms with van der Waals surface area (Å²) >= 11 is 0. The minimum atomic E-state index is -4.78. The molecule has 1 aromatic carbocycles. The van der Waals surface area contributed by atoms with Crippen molar-refractivity contribution < 1.29 is 36.7 Å². The van der Waals surface area contributed by atoms with Gasteiger partial charge in [0.15, 0.2) is 0 Å². The van der Waals surface area contributed by atoms with E-state index in [4.69, 9.17) is 4.74 Å². The van der Waals surface area contributed by atoms with Gasteiger partial charge in [-0.05, 0) is 50.3 Å². The van der Waals surface area contributed by atoms with E-state index in [2.05, 4.69) is 0 Å². The number of rotatable bonds is 6. The molecule has 2 aliphatic rings. The first-order valence-electron chi connectivity index (χ1n) is 11.7. The fraction of sp³-hybridized carbons (Fsp3) is 0.625. The molecule has 0 saturated carbocycles. The smallest absolute Gasteiger partial charge is 0.417 e. The Labute approximate surface area is 196 Å². The van der Waals surface area contributed by atoms with Crippen molar-refractivity contribution in [1.82, 2.24) is 9.80 Å². The quantitative estimate of drug-likeness (QED) is 0.342. The van der Waals surface area contributed by atoms with E-state index < -0.39 is 29.0 Å². The summed E-state index contributed by atoms with van der Waals surface area (Å²) in [6.45, 7) is 3.55. The zero-order valence-electron chi connectivity index (χ0n) is 19.2. The second-order valence-electron chi connectivity index (χ2n) is 8.87. The number of alkyl halides is 3. The Bertz CT molecular complexity index is 889. The number of carbonyl (C=O) groups excluding carboxylic acids is 3. The van der Waals surface area contributed by atoms with Crippen LogP contribution in [0.15, 0.2) is 18.2 Å². The molecule has 0 spiro atoms. The van der Waals surface area contributed by atoms with Crippen LogP contribution in [0, 0.1) is 17.7 Å². The number of halogens is 4. The number of benzene rings is 1. The Morgan fingerprint density at radius 2 is 1.56 bits per heavy atom. The maximum absolute atomic E-state index is 13.6. The van der Waals surface area contributed by atoms with Crippen molar-refractivity contribution in [2.45, 2.75) is 51.6 Å². The number of hydrogen-bond donors (Lipinski definition) is 0. The third-order valence-electron chi connectivity index (χ3n) is 6.53. The predicted molar refractivity (Wildman–Crippen MR) is 115 cm³/mol. The highest BCUT2D eigenvalue weighted by molar-refractivity contribution is 5.96. The molecule has 10 heteroatoms. The molecule has 2 fully saturated rings. The van der Waals surface area contributed by atoms with E-state index in [0.29, 0.717) is 63.6 Å². The maximum Gasteiger partial charge on any atom is 0.417 e. The van der Waals surface area contributed by atoms with Gasteiger partial charge in [0, 0.05) is 32.1 Å². The topological polar surface area (TPSA) is 66.9 Å². The molecular formula is C24H30F4N2O4. The van der Waals surface area contributed by atoms with Gasteiger partial charge in [-0.15, -0.1) is 0 Å². The van der Waals surface area contributed by atoms with Gasteiger partial charge in [-0.1, -0.05) is 13.3 Å². The number of carbonyl (C=O) groups is 3. The number of unbranched alkanes of at least 4 members (excludes halogenated alkanes) is 1. The van der Waals surface area contributed by atoms with Gasteiger partial charge in [0.1, 0.15) is 5.82 Å². The van der Waals surface area contributed by atoms with Crippen molar-refractivity contribution in [2.75, 3.05) is 32.8 Å². The monoisotopic (exact) mass is 486 g/mol. The average Bonchev–Trinajstić information content (AvgIpc) is 2.82. The van der Waals surface area contributed by atoms with E-state index in [0.717, 1.165) is 12.8 Å². The Morgan fingerprint density at radius 1 is 0.971 bits per heavy atom. The van der Waals surface area contributed by atoms with E-state index >= 15 is 0 Å². The lowest BCUT2D eigenvalue weighted by molar-refractivity contribution is -0.152. The zero-order valence-corrected chi connectivity index (χ0v) is 19.2. The highest BCUT2D eigenvalue weighted by Crippen LogP contribution is 2.34. The molecule has 2 aliphatic heterocycles. The maximum atomic E-state index is 13.6. The lowest BCUT2D eigenvalue weighted by Gasteiger charge is -2.37. The first-order chi connectivity index (χ1) is 16.1. The van der Waals surface area contributed by atoms with Crippen LogP contribution >= 0.6 is 0 Å². The molecule has 0 bridgehead atoms. The Hall–Kier alpha value is -2.65. The Morgan fingerprint density at radius 3 is 2.15 bits per heavy atom. The molecule has 0 radical (unpaired) electrons. The third-order valence-corrected chi connectivity index (χ3v) is 6.53. The van der Waals surface area contributed by atoms with Crippen molar-refractivity contribution in [3.8, 4) is 0 Å². The summed E-state index contributed by atoms with van der Waals surface area (Å²) in [6, 6.07) is 1.86. The van der Waals surface area contributed by atoms with E-state index in [1.54, 1.807) is 4.90 Å². The largest absolute Gasteiger partial charge is 0.465 e. The van der Waals surface area contributed by atoms with Gasteiger partial charge < -0.3 is 14.5 Å². The zero-order chi connectivity index (χ0) is 24.9. The lowest BCUT2D eigenvalue weighted by atomic mass is 9.91. The normalized spacial score (nSPS) is 18.1. The van der Waals surface area contributed by atoms with Crippen molar-refractivity contribution in [1.29, 1.82) is 0 Å². The van der Waals surface area contributed by atoms with Gasteiger partial charge in [0.25, 0.3) is 5.91 Å². The average molecular weight is 487 g/mol. The molecule has 0 unspecified atom stereocenters. The van der Waals surface area contributed by atoms with Crippen LogP contribution in [0.1, 0.15) is 61.4 Å². The third kappa shape index (κ3) is 6.27. The molecule has 188 valence electrons. The molecule has 0 atom stereocenters. The lowest BCUT2D eigenvalue weighted by Crippen LogP contribution is -2.47. The second kappa shape index (κ2) is 11.2. The van der Waals surface area contributed by atoms with Gasteiger partial charge in [-0.3, -0.25) is 14.4 Å². The van der Waals surface area contributed by atoms with E-state index in [1.807, 2.05) is 6.92 Å². The molecule has 0 aromatic heterocycles. The van der Waals surface area contributed by atoms with Crippen LogP contribution < -0.4 is 0 Å². The van der Waals surface area contributed by atoms with Crippen LogP contribution in [0.3, 0.4) is 0 Å². The van der Waals surface area contributed by atoms with Gasteiger partial charge in [0.2, 0.25) is 5.91 Å². The molecule has 3 rings (SSSR count). The molecule has 2 amide bonds. The molecule has 6 nitrogen and oxygen atoms in total. The number of ether oxygens (including phenoxy) is 1. The summed E-state index contributed by atoms with van der Waals surface area (Å²) in [7, 11) is 0. The van der Waals surface area contributed by atoms with Crippen molar-refractivity contribution >= 4 is 17.8 Å². The minimum absolute atomic E-state index is 0.0633. The molecule has 34 heavy (non-hydrogen) atoms. The standard InChI is InChI=1S/C24H30F4N2O4/c1-2-3-14-34-23(33)17-8-12-29(13-9-17)21(31)16-6-10-30(11-7-16)22(32)19-15-18(25)4-5-20(19)24(26,27)28/h4-5,15-17H,2-3,6-14H2,1H3. The van der Waals surface area contributed by atoms with Crippen LogP contribution in [0.5, 0.6) is 0 Å². The number of piperidine rings is 2. The van der Waals surface area contributed by atoms with E-state index in [1.165, 1.54) is 4.90 Å². The highest BCUT2D eigenvalue weighted by Gasteiger charge is 2.38. The van der Waals surface area contributed by atoms with Crippen molar-refractivity contribution in [3.63, 3.8) is 0 Å². The van der Waals surface area contributed by atoms with Gasteiger partial charge in [-0.2, -0.15) is 13.2 Å². The number of nitrogens with zero attached hydrogens (tertiary/aromatic N) is 2. The number of esters is 1. The fourth-order valence-electron chi connectivity index (χ4n) is 4.47. The SMILES string of the molecule is CCCCOC(=O)C1CCN(C(=O)C2CCN(C(=O)c3cc(F)ccc3C(F)(F)F)CC2)CC1. The first-order valence-corrected chi connectivity index (χ1v) is 11.7. The van der Waals surface area contributed by atoms with Gasteiger partial charge in [-0.25, -0.2) is 4.39 Å². The summed E-state index contributed by atoms with van der Waals surface area (Å²) < 4.78 is 58.6. The first kappa shape index (κ1) is 26.0. The molecule has 0 aliphatic carbocycles. The van der Waals surface area contributed by atoms with E-state index in [-0.39, 0.29) is 36.8 Å². The molecule has 0 N–H and O–H groups in total. The van der Waals surface area contributed by atoms with Crippen LogP contribution in [0.25, 0.3) is 0 Å². The highest BCUT2D eigenvalue weighted by atomic mass is 19.4. The van der Waals surface area contributed by atoms with Crippen molar-refractivity contribution in [3.05, 3.63) is 35.1 Å². The second-order valence-corrected chi connectivity index (χ2v) is 8.87. The molecule has 1 aromatic rings. The molecule has 2 heterocycles. The van der Waals surface area contributed by atoms with Gasteiger partial charge >= 0.3 is 12.1 Å². The number of likely N-dealkylation sites (tertiary alicyclic amines) is 2. The van der Waals surface area contributed by atoms with Crippen LogP contribution in [-0.2, 0) is 20.5 Å². The van der Waals surface area contributed by atoms with Crippen molar-refractivity contribution in [2.24, 2.45) is 11.8 Å². The fourth-order valence-corrected chi connectivity index (χ4v) is 4.47. The Kier molecular flexibility index (Phi) is 8.54. The van der Waals surface area contributed by atoms with E-state index in [9.17, 15) is 31.9 Å². The Balaban J connectivity index is 1.52. The number of hydrogen-bond acceptors (Lipinski definition) is 4. The van der Waals surface area contributed by atoms with Crippen LogP contribution in [0.2, 0.25) is 0 Å². The molecular weight excluding hydrogens is 456 g/mol. The molecule has 2 saturated heterocycles. The number of amides is 2. The van der Waals surface area contributed by atoms with Crippen LogP contribution in [-0.4, -0.2) is 60.4 Å². The minimum Gasteiger partial charge on any atom is -0.465 e. The summed E-state index contributed by atoms with van der Waals surface area (Å²) in [5.74, 6) is -2.64. The summed E-state index contributed by atoms with van der Waals surface area (Å²) in [6.07, 6.45) is -1.30. The summed E-state index contributed by atoms with van der Waals surface area (Å²) in [5.41, 5.74) is -1.89. The summed E-state index contributed by atoms with van der Waals surface area (Å²) in [5, 5.41) is 0. The van der Waals surface area contributed by atoms with Gasteiger partial charge in [0.05, 0.1) is 23.7 Å². The summed E-state index contributed by atoms with van der Waals surface area (Å²) in [4.78, 5) is 40.7. The van der Waals surface area contributed by atoms with Crippen LogP contribution in [0.4, 0.5) is 17.6 Å². The predicted octanol–water partition coefficient (Wildman–Crippen LogP) is 4.28.